The lowest BCUT2D eigenvalue weighted by molar-refractivity contribution is -0.165. The number of carbonyl (C=O) groups is 2. The van der Waals surface area contributed by atoms with Crippen molar-refractivity contribution in [1.82, 2.24) is 0 Å². The number of rotatable bonds is 5. The average Bonchev–Trinajstić information content (AvgIpc) is 1.98. The van der Waals surface area contributed by atoms with E-state index in [1.807, 2.05) is 0 Å². The first-order valence-electron chi connectivity index (χ1n) is 3.98. The van der Waals surface area contributed by atoms with Crippen molar-refractivity contribution >= 4 is 11.9 Å². The predicted molar refractivity (Wildman–Crippen MR) is 42.9 cm³/mol. The highest BCUT2D eigenvalue weighted by molar-refractivity contribution is 5.98. The lowest BCUT2D eigenvalue weighted by Crippen LogP contribution is -2.38. The second-order valence-corrected chi connectivity index (χ2v) is 2.80. The van der Waals surface area contributed by atoms with Gasteiger partial charge in [0, 0.05) is 0 Å². The summed E-state index contributed by atoms with van der Waals surface area (Å²) in [6, 6.07) is 0. The molecule has 0 heterocycles. The highest BCUT2D eigenvalue weighted by Gasteiger charge is 2.43. The molecular formula is C8H14O4. The summed E-state index contributed by atoms with van der Waals surface area (Å²) < 4.78 is 0. The normalized spacial score (nSPS) is 11.2. The Hall–Kier alpha value is -1.06. The van der Waals surface area contributed by atoms with Gasteiger partial charge in [-0.15, -0.1) is 0 Å². The van der Waals surface area contributed by atoms with E-state index in [-0.39, 0.29) is 12.8 Å². The van der Waals surface area contributed by atoms with Gasteiger partial charge in [0.2, 0.25) is 0 Å². The largest absolute Gasteiger partial charge is 0.480 e. The minimum absolute atomic E-state index is 0.130. The molecule has 0 aliphatic carbocycles. The molecule has 0 aromatic carbocycles. The van der Waals surface area contributed by atoms with Gasteiger partial charge >= 0.3 is 11.9 Å². The third-order valence-electron chi connectivity index (χ3n) is 2.10. The predicted octanol–water partition coefficient (Wildman–Crippen LogP) is 1.35. The molecule has 0 fully saturated rings. The van der Waals surface area contributed by atoms with E-state index in [1.165, 1.54) is 0 Å². The van der Waals surface area contributed by atoms with Crippen LogP contribution in [0.25, 0.3) is 0 Å². The van der Waals surface area contributed by atoms with Crippen LogP contribution in [0.2, 0.25) is 0 Å². The maximum absolute atomic E-state index is 10.7. The van der Waals surface area contributed by atoms with Gasteiger partial charge in [0.05, 0.1) is 0 Å². The topological polar surface area (TPSA) is 74.6 Å². The number of hydrogen-bond donors (Lipinski definition) is 2. The summed E-state index contributed by atoms with van der Waals surface area (Å²) in [5.41, 5.74) is -1.57. The highest BCUT2D eigenvalue weighted by Crippen LogP contribution is 2.28. The fourth-order valence-electron chi connectivity index (χ4n) is 1.21. The first-order chi connectivity index (χ1) is 5.51. The molecule has 0 saturated heterocycles. The molecule has 12 heavy (non-hydrogen) atoms. The van der Waals surface area contributed by atoms with Crippen LogP contribution in [0, 0.1) is 5.41 Å². The zero-order valence-corrected chi connectivity index (χ0v) is 7.33. The Kier molecular flexibility index (Phi) is 3.73. The van der Waals surface area contributed by atoms with E-state index >= 15 is 0 Å². The van der Waals surface area contributed by atoms with Crippen LogP contribution in [0.3, 0.4) is 0 Å². The fraction of sp³-hybridized carbons (Fsp3) is 0.750. The molecule has 0 aromatic rings. The molecule has 0 atom stereocenters. The molecule has 70 valence electrons. The van der Waals surface area contributed by atoms with E-state index in [1.54, 1.807) is 13.8 Å². The average molecular weight is 174 g/mol. The SMILES string of the molecule is CCCC(CC)(C(=O)O)C(=O)O. The van der Waals surface area contributed by atoms with Gasteiger partial charge < -0.3 is 10.2 Å². The quantitative estimate of drug-likeness (QED) is 0.617. The van der Waals surface area contributed by atoms with E-state index in [4.69, 9.17) is 10.2 Å². The maximum Gasteiger partial charge on any atom is 0.321 e. The van der Waals surface area contributed by atoms with Crippen molar-refractivity contribution in [3.05, 3.63) is 0 Å². The Labute approximate surface area is 71.2 Å². The molecular weight excluding hydrogens is 160 g/mol. The van der Waals surface area contributed by atoms with E-state index in [9.17, 15) is 9.59 Å². The second kappa shape index (κ2) is 4.09. The number of aliphatic carboxylic acids is 2. The minimum Gasteiger partial charge on any atom is -0.480 e. The summed E-state index contributed by atoms with van der Waals surface area (Å²) >= 11 is 0. The van der Waals surface area contributed by atoms with Crippen LogP contribution in [-0.2, 0) is 9.59 Å². The highest BCUT2D eigenvalue weighted by atomic mass is 16.4. The van der Waals surface area contributed by atoms with Gasteiger partial charge in [-0.1, -0.05) is 20.3 Å². The van der Waals surface area contributed by atoms with Gasteiger partial charge in [-0.25, -0.2) is 0 Å². The van der Waals surface area contributed by atoms with Crippen LogP contribution >= 0.6 is 0 Å². The van der Waals surface area contributed by atoms with Crippen LogP contribution in [0.15, 0.2) is 0 Å². The van der Waals surface area contributed by atoms with E-state index in [2.05, 4.69) is 0 Å². The monoisotopic (exact) mass is 174 g/mol. The fourth-order valence-corrected chi connectivity index (χ4v) is 1.21. The third kappa shape index (κ3) is 1.75. The Morgan fingerprint density at radius 2 is 1.58 bits per heavy atom. The molecule has 0 amide bonds. The second-order valence-electron chi connectivity index (χ2n) is 2.80. The van der Waals surface area contributed by atoms with Crippen molar-refractivity contribution in [2.75, 3.05) is 0 Å². The van der Waals surface area contributed by atoms with Crippen LogP contribution < -0.4 is 0 Å². The molecule has 2 N–H and O–H groups in total. The van der Waals surface area contributed by atoms with Gasteiger partial charge in [-0.3, -0.25) is 9.59 Å². The summed E-state index contributed by atoms with van der Waals surface area (Å²) in [4.78, 5) is 21.4. The summed E-state index contributed by atoms with van der Waals surface area (Å²) in [5, 5.41) is 17.5. The van der Waals surface area contributed by atoms with E-state index in [0.717, 1.165) is 0 Å². The summed E-state index contributed by atoms with van der Waals surface area (Å²) in [7, 11) is 0. The Balaban J connectivity index is 4.76. The van der Waals surface area contributed by atoms with Crippen LogP contribution in [-0.4, -0.2) is 22.2 Å². The van der Waals surface area contributed by atoms with E-state index in [0.29, 0.717) is 6.42 Å². The van der Waals surface area contributed by atoms with Crippen molar-refractivity contribution in [3.63, 3.8) is 0 Å². The van der Waals surface area contributed by atoms with Gasteiger partial charge in [0.15, 0.2) is 5.41 Å². The molecule has 0 unspecified atom stereocenters. The molecule has 0 aliphatic rings. The van der Waals surface area contributed by atoms with Crippen molar-refractivity contribution in [2.24, 2.45) is 5.41 Å². The standard InChI is InChI=1S/C8H14O4/c1-3-5-8(4-2,6(9)10)7(11)12/h3-5H2,1-2H3,(H,9,10)(H,11,12). The lowest BCUT2D eigenvalue weighted by Gasteiger charge is -2.21. The minimum atomic E-state index is -1.57. The summed E-state index contributed by atoms with van der Waals surface area (Å²) in [6.07, 6.45) is 0.881. The molecule has 0 bridgehead atoms. The molecule has 0 saturated carbocycles. The van der Waals surface area contributed by atoms with Crippen molar-refractivity contribution in [3.8, 4) is 0 Å². The number of hydrogen-bond acceptors (Lipinski definition) is 2. The Morgan fingerprint density at radius 3 is 1.67 bits per heavy atom. The zero-order chi connectivity index (χ0) is 9.78. The van der Waals surface area contributed by atoms with Crippen molar-refractivity contribution in [1.29, 1.82) is 0 Å². The molecule has 0 spiro atoms. The number of carboxylic acids is 2. The lowest BCUT2D eigenvalue weighted by atomic mass is 9.81. The first kappa shape index (κ1) is 10.9. The summed E-state index contributed by atoms with van der Waals surface area (Å²) in [5.74, 6) is -2.47. The molecule has 0 rings (SSSR count). The van der Waals surface area contributed by atoms with Crippen LogP contribution in [0.4, 0.5) is 0 Å². The van der Waals surface area contributed by atoms with E-state index < -0.39 is 17.4 Å². The Morgan fingerprint density at radius 1 is 1.17 bits per heavy atom. The molecule has 4 heteroatoms. The van der Waals surface area contributed by atoms with Crippen molar-refractivity contribution < 1.29 is 19.8 Å². The van der Waals surface area contributed by atoms with Crippen molar-refractivity contribution in [2.45, 2.75) is 33.1 Å². The van der Waals surface area contributed by atoms with Gasteiger partial charge in [-0.2, -0.15) is 0 Å². The molecule has 0 aliphatic heterocycles. The molecule has 0 radical (unpaired) electrons. The van der Waals surface area contributed by atoms with Gasteiger partial charge in [0.1, 0.15) is 0 Å². The molecule has 4 nitrogen and oxygen atoms in total. The first-order valence-corrected chi connectivity index (χ1v) is 3.98. The summed E-state index contributed by atoms with van der Waals surface area (Å²) in [6.45, 7) is 3.36. The molecule has 0 aromatic heterocycles. The van der Waals surface area contributed by atoms with Gasteiger partial charge in [0.25, 0.3) is 0 Å². The van der Waals surface area contributed by atoms with Crippen LogP contribution in [0.5, 0.6) is 0 Å². The zero-order valence-electron chi connectivity index (χ0n) is 7.33. The third-order valence-corrected chi connectivity index (χ3v) is 2.10. The smallest absolute Gasteiger partial charge is 0.321 e. The maximum atomic E-state index is 10.7. The Bertz CT molecular complexity index is 171. The number of carboxylic acid groups (broad SMARTS) is 2. The van der Waals surface area contributed by atoms with Crippen LogP contribution in [0.1, 0.15) is 33.1 Å². The van der Waals surface area contributed by atoms with Gasteiger partial charge in [-0.05, 0) is 12.8 Å².